The second-order valence-corrected chi connectivity index (χ2v) is 12.8. The van der Waals surface area contributed by atoms with E-state index in [4.69, 9.17) is 0 Å². The minimum atomic E-state index is -3.51. The molecule has 37 heavy (non-hydrogen) atoms. The van der Waals surface area contributed by atoms with Crippen molar-refractivity contribution in [3.63, 3.8) is 0 Å². The van der Waals surface area contributed by atoms with E-state index in [1.54, 1.807) is 24.0 Å². The molecule has 1 fully saturated rings. The van der Waals surface area contributed by atoms with Crippen LogP contribution in [0.3, 0.4) is 0 Å². The number of sulfonamides is 1. The lowest BCUT2D eigenvalue weighted by Crippen LogP contribution is -2.50. The average Bonchev–Trinajstić information content (AvgIpc) is 2.86. The number of halogens is 1. The maximum Gasteiger partial charge on any atom is 0.242 e. The Morgan fingerprint density at radius 1 is 1.03 bits per heavy atom. The van der Waals surface area contributed by atoms with E-state index in [1.807, 2.05) is 43.3 Å². The normalized spacial score (nSPS) is 15.1. The maximum atomic E-state index is 13.4. The third kappa shape index (κ3) is 8.85. The molecule has 202 valence electrons. The van der Waals surface area contributed by atoms with Gasteiger partial charge in [0.15, 0.2) is 0 Å². The summed E-state index contributed by atoms with van der Waals surface area (Å²) in [5.74, 6) is -0.318. The fourth-order valence-electron chi connectivity index (χ4n) is 4.65. The molecule has 1 N–H and O–H groups in total. The van der Waals surface area contributed by atoms with Gasteiger partial charge in [-0.25, -0.2) is 8.42 Å². The molecule has 0 saturated heterocycles. The summed E-state index contributed by atoms with van der Waals surface area (Å²) in [5.41, 5.74) is 2.54. The van der Waals surface area contributed by atoms with Gasteiger partial charge < -0.3 is 10.2 Å². The molecule has 0 radical (unpaired) electrons. The summed E-state index contributed by atoms with van der Waals surface area (Å²) < 4.78 is 27.2. The van der Waals surface area contributed by atoms with Gasteiger partial charge in [0.1, 0.15) is 6.04 Å². The van der Waals surface area contributed by atoms with Crippen LogP contribution in [0.4, 0.5) is 5.69 Å². The Kier molecular flexibility index (Phi) is 10.6. The monoisotopic (exact) mass is 591 g/mol. The predicted molar refractivity (Wildman–Crippen MR) is 152 cm³/mol. The number of nitrogens with zero attached hydrogens (tertiary/aromatic N) is 2. The van der Waals surface area contributed by atoms with E-state index in [0.29, 0.717) is 18.7 Å². The van der Waals surface area contributed by atoms with Crippen molar-refractivity contribution in [2.24, 2.45) is 0 Å². The number of hydrogen-bond acceptors (Lipinski definition) is 4. The molecule has 0 aromatic heterocycles. The average molecular weight is 593 g/mol. The summed E-state index contributed by atoms with van der Waals surface area (Å²) in [4.78, 5) is 28.2. The van der Waals surface area contributed by atoms with Crippen LogP contribution in [0, 0.1) is 6.92 Å². The largest absolute Gasteiger partial charge is 0.352 e. The SMILES string of the molecule is Cc1ccc(N(CCCC(=O)N(Cc2ccc(Br)cc2)C(C)C(=O)NC2CCCCC2)S(C)(=O)=O)cc1. The number of carbonyl (C=O) groups is 2. The van der Waals surface area contributed by atoms with E-state index in [-0.39, 0.29) is 30.8 Å². The third-order valence-electron chi connectivity index (χ3n) is 6.86. The lowest BCUT2D eigenvalue weighted by Gasteiger charge is -2.31. The first kappa shape index (κ1) is 29.2. The molecule has 2 amide bonds. The van der Waals surface area contributed by atoms with Gasteiger partial charge in [-0.1, -0.05) is 65.0 Å². The summed E-state index contributed by atoms with van der Waals surface area (Å²) in [6.45, 7) is 4.20. The first-order valence-electron chi connectivity index (χ1n) is 12.9. The van der Waals surface area contributed by atoms with Crippen molar-refractivity contribution in [2.45, 2.75) is 77.4 Å². The van der Waals surface area contributed by atoms with Crippen LogP contribution in [-0.4, -0.2) is 50.0 Å². The Bertz CT molecular complexity index is 1150. The van der Waals surface area contributed by atoms with Gasteiger partial charge in [-0.05, 0) is 62.9 Å². The van der Waals surface area contributed by atoms with Crippen LogP contribution in [0.15, 0.2) is 53.0 Å². The quantitative estimate of drug-likeness (QED) is 0.390. The van der Waals surface area contributed by atoms with Gasteiger partial charge in [0.25, 0.3) is 0 Å². The molecule has 0 spiro atoms. The highest BCUT2D eigenvalue weighted by molar-refractivity contribution is 9.10. The number of rotatable bonds is 11. The molecule has 1 aliphatic carbocycles. The van der Waals surface area contributed by atoms with Crippen molar-refractivity contribution in [2.75, 3.05) is 17.1 Å². The number of benzene rings is 2. The Balaban J connectivity index is 1.70. The highest BCUT2D eigenvalue weighted by Crippen LogP contribution is 2.21. The van der Waals surface area contributed by atoms with Crippen LogP contribution >= 0.6 is 15.9 Å². The molecule has 7 nitrogen and oxygen atoms in total. The Hall–Kier alpha value is -2.39. The number of amides is 2. The predicted octanol–water partition coefficient (Wildman–Crippen LogP) is 5.17. The van der Waals surface area contributed by atoms with Gasteiger partial charge in [-0.15, -0.1) is 0 Å². The molecule has 0 heterocycles. The maximum absolute atomic E-state index is 13.4. The van der Waals surface area contributed by atoms with E-state index in [1.165, 1.54) is 17.0 Å². The van der Waals surface area contributed by atoms with E-state index in [0.717, 1.165) is 41.3 Å². The molecule has 1 unspecified atom stereocenters. The second kappa shape index (κ2) is 13.4. The fourth-order valence-corrected chi connectivity index (χ4v) is 5.88. The van der Waals surface area contributed by atoms with Crippen molar-refractivity contribution in [1.82, 2.24) is 10.2 Å². The summed E-state index contributed by atoms with van der Waals surface area (Å²) in [6, 6.07) is 14.5. The van der Waals surface area contributed by atoms with Crippen molar-refractivity contribution in [1.29, 1.82) is 0 Å². The van der Waals surface area contributed by atoms with E-state index >= 15 is 0 Å². The van der Waals surface area contributed by atoms with Crippen LogP contribution in [0.5, 0.6) is 0 Å². The molecular weight excluding hydrogens is 554 g/mol. The number of aryl methyl sites for hydroxylation is 1. The zero-order chi connectivity index (χ0) is 27.0. The molecule has 1 aliphatic rings. The topological polar surface area (TPSA) is 86.8 Å². The molecule has 2 aromatic carbocycles. The molecule has 9 heteroatoms. The number of carbonyl (C=O) groups excluding carboxylic acids is 2. The van der Waals surface area contributed by atoms with Crippen LogP contribution < -0.4 is 9.62 Å². The van der Waals surface area contributed by atoms with Gasteiger partial charge >= 0.3 is 0 Å². The van der Waals surface area contributed by atoms with Crippen LogP contribution in [0.25, 0.3) is 0 Å². The first-order chi connectivity index (χ1) is 17.5. The van der Waals surface area contributed by atoms with Gasteiger partial charge in [-0.2, -0.15) is 0 Å². The Morgan fingerprint density at radius 3 is 2.24 bits per heavy atom. The standard InChI is InChI=1S/C28H38BrN3O4S/c1-21-11-17-26(18-12-21)32(37(3,35)36)19-7-10-27(33)31(20-23-13-15-24(29)16-14-23)22(2)28(34)30-25-8-5-4-6-9-25/h11-18,22,25H,4-10,19-20H2,1-3H3,(H,30,34). The Labute approximate surface area is 229 Å². The molecule has 3 rings (SSSR count). The summed E-state index contributed by atoms with van der Waals surface area (Å²) in [7, 11) is -3.51. The van der Waals surface area contributed by atoms with Crippen molar-refractivity contribution < 1.29 is 18.0 Å². The van der Waals surface area contributed by atoms with Gasteiger partial charge in [0.2, 0.25) is 21.8 Å². The summed E-state index contributed by atoms with van der Waals surface area (Å²) in [5, 5.41) is 3.14. The number of anilines is 1. The highest BCUT2D eigenvalue weighted by Gasteiger charge is 2.28. The Morgan fingerprint density at radius 2 is 1.65 bits per heavy atom. The van der Waals surface area contributed by atoms with Crippen molar-refractivity contribution in [3.05, 3.63) is 64.1 Å². The molecular formula is C28H38BrN3O4S. The van der Waals surface area contributed by atoms with Crippen LogP contribution in [0.2, 0.25) is 0 Å². The van der Waals surface area contributed by atoms with Crippen molar-refractivity contribution in [3.8, 4) is 0 Å². The summed E-state index contributed by atoms with van der Waals surface area (Å²) in [6.07, 6.45) is 7.01. The minimum absolute atomic E-state index is 0.134. The zero-order valence-electron chi connectivity index (χ0n) is 22.0. The van der Waals surface area contributed by atoms with E-state index in [2.05, 4.69) is 21.2 Å². The smallest absolute Gasteiger partial charge is 0.242 e. The molecule has 1 saturated carbocycles. The van der Waals surface area contributed by atoms with Crippen molar-refractivity contribution >= 4 is 43.5 Å². The van der Waals surface area contributed by atoms with Crippen LogP contribution in [-0.2, 0) is 26.2 Å². The highest BCUT2D eigenvalue weighted by atomic mass is 79.9. The molecule has 0 aliphatic heterocycles. The second-order valence-electron chi connectivity index (χ2n) is 9.94. The van der Waals surface area contributed by atoms with E-state index in [9.17, 15) is 18.0 Å². The number of hydrogen-bond donors (Lipinski definition) is 1. The lowest BCUT2D eigenvalue weighted by molar-refractivity contribution is -0.141. The van der Waals surface area contributed by atoms with Gasteiger partial charge in [0.05, 0.1) is 11.9 Å². The minimum Gasteiger partial charge on any atom is -0.352 e. The summed E-state index contributed by atoms with van der Waals surface area (Å²) >= 11 is 3.44. The first-order valence-corrected chi connectivity index (χ1v) is 15.6. The third-order valence-corrected chi connectivity index (χ3v) is 8.58. The lowest BCUT2D eigenvalue weighted by atomic mass is 9.95. The number of nitrogens with one attached hydrogen (secondary N) is 1. The van der Waals surface area contributed by atoms with Gasteiger partial charge in [0, 0.05) is 30.0 Å². The van der Waals surface area contributed by atoms with Crippen LogP contribution in [0.1, 0.15) is 63.0 Å². The molecule has 1 atom stereocenters. The van der Waals surface area contributed by atoms with E-state index < -0.39 is 16.1 Å². The molecule has 2 aromatic rings. The fraction of sp³-hybridized carbons (Fsp3) is 0.500. The van der Waals surface area contributed by atoms with Gasteiger partial charge in [-0.3, -0.25) is 13.9 Å². The molecule has 0 bridgehead atoms. The zero-order valence-corrected chi connectivity index (χ0v) is 24.4.